The second-order valence-electron chi connectivity index (χ2n) is 6.24. The quantitative estimate of drug-likeness (QED) is 0.376. The van der Waals surface area contributed by atoms with E-state index in [0.29, 0.717) is 40.3 Å². The van der Waals surface area contributed by atoms with E-state index in [9.17, 15) is 14.4 Å². The summed E-state index contributed by atoms with van der Waals surface area (Å²) < 4.78 is 12.0. The molecule has 6 nitrogen and oxygen atoms in total. The maximum Gasteiger partial charge on any atom is 0.293 e. The Morgan fingerprint density at radius 1 is 1.07 bits per heavy atom. The highest BCUT2D eigenvalue weighted by Gasteiger charge is 2.36. The molecule has 1 heterocycles. The number of halogens is 1. The molecule has 1 fully saturated rings. The highest BCUT2D eigenvalue weighted by molar-refractivity contribution is 9.10. The number of benzene rings is 2. The van der Waals surface area contributed by atoms with Gasteiger partial charge in [0.1, 0.15) is 11.5 Å². The van der Waals surface area contributed by atoms with Gasteiger partial charge >= 0.3 is 0 Å². The van der Waals surface area contributed by atoms with Crippen molar-refractivity contribution in [3.8, 4) is 11.5 Å². The van der Waals surface area contributed by atoms with Crippen molar-refractivity contribution < 1.29 is 23.9 Å². The number of carbonyl (C=O) groups excluding carboxylic acids is 3. The highest BCUT2D eigenvalue weighted by atomic mass is 79.9. The molecule has 0 spiro atoms. The van der Waals surface area contributed by atoms with E-state index in [1.807, 2.05) is 13.8 Å². The van der Waals surface area contributed by atoms with Crippen LogP contribution in [-0.2, 0) is 4.79 Å². The third-order valence-corrected chi connectivity index (χ3v) is 5.75. The molecule has 0 aromatic heterocycles. The molecule has 0 unspecified atom stereocenters. The van der Waals surface area contributed by atoms with Crippen LogP contribution in [0, 0.1) is 0 Å². The SMILES string of the molecule is CCOc1cc(OCC)c(C=C2SC(=O)N(CC(=O)c3ccccc3)C2=O)cc1Br. The molecule has 2 aromatic carbocycles. The summed E-state index contributed by atoms with van der Waals surface area (Å²) in [7, 11) is 0. The van der Waals surface area contributed by atoms with Gasteiger partial charge in [0.15, 0.2) is 5.78 Å². The Morgan fingerprint density at radius 3 is 2.40 bits per heavy atom. The molecular formula is C22H20BrNO5S. The van der Waals surface area contributed by atoms with Crippen LogP contribution in [0.2, 0.25) is 0 Å². The van der Waals surface area contributed by atoms with Gasteiger partial charge in [0.25, 0.3) is 11.1 Å². The number of Topliss-reactive ketones (excluding diaryl/α,β-unsaturated/α-hetero) is 1. The first-order valence-electron chi connectivity index (χ1n) is 9.37. The van der Waals surface area contributed by atoms with Gasteiger partial charge in [-0.3, -0.25) is 19.3 Å². The summed E-state index contributed by atoms with van der Waals surface area (Å²) in [6, 6.07) is 12.1. The predicted octanol–water partition coefficient (Wildman–Crippen LogP) is 5.17. The molecule has 0 atom stereocenters. The molecule has 3 rings (SSSR count). The lowest BCUT2D eigenvalue weighted by atomic mass is 10.1. The number of hydrogen-bond donors (Lipinski definition) is 0. The first-order chi connectivity index (χ1) is 14.4. The van der Waals surface area contributed by atoms with E-state index in [1.165, 1.54) is 0 Å². The van der Waals surface area contributed by atoms with E-state index in [4.69, 9.17) is 9.47 Å². The van der Waals surface area contributed by atoms with Crippen LogP contribution in [0.25, 0.3) is 6.08 Å². The lowest BCUT2D eigenvalue weighted by Gasteiger charge is -2.13. The Labute approximate surface area is 187 Å². The Morgan fingerprint density at radius 2 is 1.73 bits per heavy atom. The van der Waals surface area contributed by atoms with Crippen LogP contribution in [-0.4, -0.2) is 41.6 Å². The van der Waals surface area contributed by atoms with Gasteiger partial charge in [-0.15, -0.1) is 0 Å². The van der Waals surface area contributed by atoms with Gasteiger partial charge in [0.2, 0.25) is 0 Å². The van der Waals surface area contributed by atoms with Crippen molar-refractivity contribution in [3.63, 3.8) is 0 Å². The molecule has 1 aliphatic heterocycles. The molecular weight excluding hydrogens is 470 g/mol. The van der Waals surface area contributed by atoms with Gasteiger partial charge in [-0.05, 0) is 53.7 Å². The Balaban J connectivity index is 1.86. The average molecular weight is 490 g/mol. The summed E-state index contributed by atoms with van der Waals surface area (Å²) in [6.07, 6.45) is 1.60. The molecule has 0 bridgehead atoms. The number of carbonyl (C=O) groups is 3. The topological polar surface area (TPSA) is 72.9 Å². The summed E-state index contributed by atoms with van der Waals surface area (Å²) in [4.78, 5) is 38.8. The van der Waals surface area contributed by atoms with Crippen LogP contribution in [0.1, 0.15) is 29.8 Å². The van der Waals surface area contributed by atoms with Crippen molar-refractivity contribution in [2.75, 3.05) is 19.8 Å². The molecule has 2 amide bonds. The number of thioether (sulfide) groups is 1. The molecule has 0 saturated carbocycles. The largest absolute Gasteiger partial charge is 0.493 e. The van der Waals surface area contributed by atoms with Gasteiger partial charge in [0.05, 0.1) is 29.1 Å². The van der Waals surface area contributed by atoms with Gasteiger partial charge in [-0.2, -0.15) is 0 Å². The van der Waals surface area contributed by atoms with Gasteiger partial charge in [-0.25, -0.2) is 0 Å². The number of rotatable bonds is 8. The third-order valence-electron chi connectivity index (χ3n) is 4.22. The number of ether oxygens (including phenoxy) is 2. The fraction of sp³-hybridized carbons (Fsp3) is 0.227. The number of amides is 2. The van der Waals surface area contributed by atoms with Crippen molar-refractivity contribution in [1.29, 1.82) is 0 Å². The molecule has 2 aromatic rings. The van der Waals surface area contributed by atoms with Crippen LogP contribution < -0.4 is 9.47 Å². The van der Waals surface area contributed by atoms with Crippen molar-refractivity contribution in [1.82, 2.24) is 4.90 Å². The van der Waals surface area contributed by atoms with Crippen molar-refractivity contribution in [2.45, 2.75) is 13.8 Å². The summed E-state index contributed by atoms with van der Waals surface area (Å²) >= 11 is 4.26. The van der Waals surface area contributed by atoms with E-state index >= 15 is 0 Å². The minimum atomic E-state index is -0.498. The van der Waals surface area contributed by atoms with Crippen LogP contribution in [0.5, 0.6) is 11.5 Å². The molecule has 1 aliphatic rings. The van der Waals surface area contributed by atoms with Gasteiger partial charge in [-0.1, -0.05) is 30.3 Å². The van der Waals surface area contributed by atoms with Crippen LogP contribution >= 0.6 is 27.7 Å². The first kappa shape index (κ1) is 22.1. The highest BCUT2D eigenvalue weighted by Crippen LogP contribution is 2.38. The van der Waals surface area contributed by atoms with Crippen LogP contribution in [0.15, 0.2) is 51.8 Å². The summed E-state index contributed by atoms with van der Waals surface area (Å²) in [6.45, 7) is 4.37. The molecule has 8 heteroatoms. The van der Waals surface area contributed by atoms with Crippen molar-refractivity contribution >= 4 is 50.7 Å². The van der Waals surface area contributed by atoms with E-state index in [2.05, 4.69) is 15.9 Å². The Kier molecular flexibility index (Phi) is 7.33. The Bertz CT molecular complexity index is 1010. The molecule has 0 aliphatic carbocycles. The fourth-order valence-electron chi connectivity index (χ4n) is 2.85. The number of nitrogens with zero attached hydrogens (tertiary/aromatic N) is 1. The first-order valence-corrected chi connectivity index (χ1v) is 11.0. The zero-order chi connectivity index (χ0) is 21.7. The number of ketones is 1. The third kappa shape index (κ3) is 4.94. The molecule has 0 N–H and O–H groups in total. The Hall–Kier alpha value is -2.58. The van der Waals surface area contributed by atoms with Crippen LogP contribution in [0.4, 0.5) is 4.79 Å². The predicted molar refractivity (Wildman–Crippen MR) is 120 cm³/mol. The van der Waals surface area contributed by atoms with Crippen LogP contribution in [0.3, 0.4) is 0 Å². The van der Waals surface area contributed by atoms with Gasteiger partial charge < -0.3 is 9.47 Å². The van der Waals surface area contributed by atoms with E-state index < -0.39 is 11.1 Å². The van der Waals surface area contributed by atoms with E-state index in [1.54, 1.807) is 48.5 Å². The molecule has 0 radical (unpaired) electrons. The second kappa shape index (κ2) is 9.95. The monoisotopic (exact) mass is 489 g/mol. The molecule has 30 heavy (non-hydrogen) atoms. The number of hydrogen-bond acceptors (Lipinski definition) is 6. The minimum Gasteiger partial charge on any atom is -0.493 e. The van der Waals surface area contributed by atoms with Crippen molar-refractivity contribution in [2.24, 2.45) is 0 Å². The maximum atomic E-state index is 12.8. The number of imide groups is 1. The lowest BCUT2D eigenvalue weighted by Crippen LogP contribution is -2.33. The summed E-state index contributed by atoms with van der Waals surface area (Å²) in [5, 5.41) is -0.474. The van der Waals surface area contributed by atoms with Crippen molar-refractivity contribution in [3.05, 3.63) is 63.0 Å². The van der Waals surface area contributed by atoms with Gasteiger partial charge in [0, 0.05) is 17.2 Å². The maximum absolute atomic E-state index is 12.8. The van der Waals surface area contributed by atoms with E-state index in [-0.39, 0.29) is 17.2 Å². The zero-order valence-electron chi connectivity index (χ0n) is 16.5. The van der Waals surface area contributed by atoms with E-state index in [0.717, 1.165) is 16.7 Å². The lowest BCUT2D eigenvalue weighted by molar-refractivity contribution is -0.122. The molecule has 1 saturated heterocycles. The molecule has 156 valence electrons. The second-order valence-corrected chi connectivity index (χ2v) is 8.09. The standard InChI is InChI=1S/C22H20BrNO5S/c1-3-28-18-12-19(29-4-2)16(23)10-15(18)11-20-21(26)24(22(27)30-20)13-17(25)14-8-6-5-7-9-14/h5-12H,3-4,13H2,1-2H3. The fourth-order valence-corrected chi connectivity index (χ4v) is 4.15. The average Bonchev–Trinajstić information content (AvgIpc) is 2.99. The normalized spacial score (nSPS) is 15.0. The summed E-state index contributed by atoms with van der Waals surface area (Å²) in [5.41, 5.74) is 1.08. The summed E-state index contributed by atoms with van der Waals surface area (Å²) in [5.74, 6) is 0.371. The smallest absolute Gasteiger partial charge is 0.293 e. The minimum absolute atomic E-state index is 0.234. The zero-order valence-corrected chi connectivity index (χ0v) is 18.9.